The second kappa shape index (κ2) is 5.29. The van der Waals surface area contributed by atoms with Crippen LogP contribution in [0, 0.1) is 24.0 Å². The van der Waals surface area contributed by atoms with E-state index in [2.05, 4.69) is 5.32 Å². The van der Waals surface area contributed by atoms with Crippen LogP contribution in [0.3, 0.4) is 0 Å². The third kappa shape index (κ3) is 3.17. The van der Waals surface area contributed by atoms with Gasteiger partial charge in [-0.2, -0.15) is 0 Å². The Balaban J connectivity index is 3.12. The molecule has 1 aromatic carbocycles. The predicted molar refractivity (Wildman–Crippen MR) is 63.2 cm³/mol. The number of nitrogens with one attached hydrogen (secondary N) is 1. The van der Waals surface area contributed by atoms with E-state index in [4.69, 9.17) is 4.74 Å². The van der Waals surface area contributed by atoms with E-state index >= 15 is 0 Å². The minimum Gasteiger partial charge on any atom is -0.450 e. The van der Waals surface area contributed by atoms with Crippen molar-refractivity contribution in [2.45, 2.75) is 20.8 Å². The number of amides is 1. The second-order valence-electron chi connectivity index (χ2n) is 3.58. The summed E-state index contributed by atoms with van der Waals surface area (Å²) in [5.41, 5.74) is 1.45. The van der Waals surface area contributed by atoms with E-state index in [1.165, 1.54) is 6.07 Å². The lowest BCUT2D eigenvalue weighted by Crippen LogP contribution is -2.15. The van der Waals surface area contributed by atoms with Gasteiger partial charge in [-0.15, -0.1) is 0 Å². The molecule has 0 radical (unpaired) electrons. The zero-order chi connectivity index (χ0) is 13.0. The third-order valence-corrected chi connectivity index (χ3v) is 2.16. The lowest BCUT2D eigenvalue weighted by atomic mass is 10.1. The molecule has 1 N–H and O–H groups in total. The maximum absolute atomic E-state index is 11.3. The fraction of sp³-hybridized carbons (Fsp3) is 0.364. The molecule has 0 atom stereocenters. The molecule has 0 aliphatic carbocycles. The molecule has 0 saturated heterocycles. The molecule has 1 aromatic rings. The van der Waals surface area contributed by atoms with Crippen LogP contribution in [-0.4, -0.2) is 17.6 Å². The summed E-state index contributed by atoms with van der Waals surface area (Å²) in [6.07, 6.45) is -0.692. The molecule has 0 bridgehead atoms. The van der Waals surface area contributed by atoms with Crippen LogP contribution in [-0.2, 0) is 4.74 Å². The normalized spacial score (nSPS) is 9.82. The van der Waals surface area contributed by atoms with E-state index < -0.39 is 11.0 Å². The van der Waals surface area contributed by atoms with E-state index in [0.717, 1.165) is 5.56 Å². The van der Waals surface area contributed by atoms with Gasteiger partial charge in [-0.3, -0.25) is 15.4 Å². The first-order chi connectivity index (χ1) is 7.95. The summed E-state index contributed by atoms with van der Waals surface area (Å²) in [5, 5.41) is 13.3. The molecular weight excluding hydrogens is 224 g/mol. The smallest absolute Gasteiger partial charge is 0.411 e. The third-order valence-electron chi connectivity index (χ3n) is 2.16. The van der Waals surface area contributed by atoms with E-state index in [-0.39, 0.29) is 18.0 Å². The van der Waals surface area contributed by atoms with Crippen molar-refractivity contribution in [2.24, 2.45) is 0 Å². The molecule has 17 heavy (non-hydrogen) atoms. The van der Waals surface area contributed by atoms with Gasteiger partial charge in [0.2, 0.25) is 0 Å². The largest absolute Gasteiger partial charge is 0.450 e. The minimum absolute atomic E-state index is 0.129. The lowest BCUT2D eigenvalue weighted by Gasteiger charge is -2.09. The van der Waals surface area contributed by atoms with Crippen molar-refractivity contribution in [3.05, 3.63) is 33.4 Å². The molecule has 0 spiro atoms. The molecule has 0 aromatic heterocycles. The predicted octanol–water partition coefficient (Wildman–Crippen LogP) is 2.78. The number of carbonyl (C=O) groups is 1. The standard InChI is InChI=1S/C11H14N2O4/c1-4-17-11(14)12-10-8(3)5-7(2)6-9(10)13(15)16/h5-6H,4H2,1-3H3,(H,12,14). The van der Waals surface area contributed by atoms with Crippen LogP contribution < -0.4 is 5.32 Å². The van der Waals surface area contributed by atoms with Crippen molar-refractivity contribution in [3.63, 3.8) is 0 Å². The van der Waals surface area contributed by atoms with Gasteiger partial charge in [0.15, 0.2) is 0 Å². The maximum Gasteiger partial charge on any atom is 0.411 e. The van der Waals surface area contributed by atoms with Crippen molar-refractivity contribution in [2.75, 3.05) is 11.9 Å². The monoisotopic (exact) mass is 238 g/mol. The average molecular weight is 238 g/mol. The quantitative estimate of drug-likeness (QED) is 0.648. The summed E-state index contributed by atoms with van der Waals surface area (Å²) >= 11 is 0. The first-order valence-corrected chi connectivity index (χ1v) is 5.15. The molecule has 0 fully saturated rings. The maximum atomic E-state index is 11.3. The van der Waals surface area contributed by atoms with Crippen molar-refractivity contribution in [3.8, 4) is 0 Å². The summed E-state index contributed by atoms with van der Waals surface area (Å²) in [4.78, 5) is 21.6. The highest BCUT2D eigenvalue weighted by Gasteiger charge is 2.19. The van der Waals surface area contributed by atoms with Crippen LogP contribution >= 0.6 is 0 Å². The Morgan fingerprint density at radius 3 is 2.65 bits per heavy atom. The molecule has 6 heteroatoms. The number of rotatable bonds is 3. The molecule has 0 saturated carbocycles. The first kappa shape index (κ1) is 13.0. The lowest BCUT2D eigenvalue weighted by molar-refractivity contribution is -0.384. The molecular formula is C11H14N2O4. The van der Waals surface area contributed by atoms with Gasteiger partial charge >= 0.3 is 6.09 Å². The topological polar surface area (TPSA) is 81.5 Å². The van der Waals surface area contributed by atoms with E-state index in [1.54, 1.807) is 26.8 Å². The molecule has 1 amide bonds. The van der Waals surface area contributed by atoms with E-state index in [0.29, 0.717) is 5.56 Å². The van der Waals surface area contributed by atoms with E-state index in [9.17, 15) is 14.9 Å². The van der Waals surface area contributed by atoms with Gasteiger partial charge in [-0.25, -0.2) is 4.79 Å². The number of hydrogen-bond acceptors (Lipinski definition) is 4. The Morgan fingerprint density at radius 2 is 2.12 bits per heavy atom. The van der Waals surface area contributed by atoms with Crippen molar-refractivity contribution < 1.29 is 14.5 Å². The molecule has 0 aliphatic rings. The summed E-state index contributed by atoms with van der Waals surface area (Å²) in [7, 11) is 0. The van der Waals surface area contributed by atoms with E-state index in [1.807, 2.05) is 0 Å². The summed E-state index contributed by atoms with van der Waals surface area (Å²) in [5.74, 6) is 0. The Morgan fingerprint density at radius 1 is 1.47 bits per heavy atom. The molecule has 92 valence electrons. The van der Waals surface area contributed by atoms with Gasteiger partial charge in [0.05, 0.1) is 11.5 Å². The number of anilines is 1. The molecule has 1 rings (SSSR count). The Kier molecular flexibility index (Phi) is 4.03. The zero-order valence-electron chi connectivity index (χ0n) is 9.94. The van der Waals surface area contributed by atoms with Crippen LogP contribution in [0.1, 0.15) is 18.1 Å². The van der Waals surface area contributed by atoms with Crippen LogP contribution in [0.15, 0.2) is 12.1 Å². The number of nitro groups is 1. The van der Waals surface area contributed by atoms with Gasteiger partial charge < -0.3 is 4.74 Å². The highest BCUT2D eigenvalue weighted by atomic mass is 16.6. The van der Waals surface area contributed by atoms with Gasteiger partial charge in [-0.05, 0) is 31.9 Å². The summed E-state index contributed by atoms with van der Waals surface area (Å²) in [6, 6.07) is 3.17. The Bertz CT molecular complexity index is 457. The Hall–Kier alpha value is -2.11. The average Bonchev–Trinajstić information content (AvgIpc) is 2.21. The second-order valence-corrected chi connectivity index (χ2v) is 3.58. The molecule has 0 heterocycles. The number of benzene rings is 1. The van der Waals surface area contributed by atoms with Crippen molar-refractivity contribution in [1.29, 1.82) is 0 Å². The molecule has 6 nitrogen and oxygen atoms in total. The van der Waals surface area contributed by atoms with Gasteiger partial charge in [-0.1, -0.05) is 6.07 Å². The number of nitro benzene ring substituents is 1. The van der Waals surface area contributed by atoms with Crippen LogP contribution in [0.5, 0.6) is 0 Å². The highest BCUT2D eigenvalue weighted by molar-refractivity contribution is 5.89. The number of hydrogen-bond donors (Lipinski definition) is 1. The number of nitrogens with zero attached hydrogens (tertiary/aromatic N) is 1. The molecule has 0 aliphatic heterocycles. The zero-order valence-corrected chi connectivity index (χ0v) is 9.94. The van der Waals surface area contributed by atoms with Crippen molar-refractivity contribution in [1.82, 2.24) is 0 Å². The number of carbonyl (C=O) groups excluding carboxylic acids is 1. The van der Waals surface area contributed by atoms with Crippen LogP contribution in [0.4, 0.5) is 16.2 Å². The van der Waals surface area contributed by atoms with Crippen LogP contribution in [0.25, 0.3) is 0 Å². The minimum atomic E-state index is -0.692. The van der Waals surface area contributed by atoms with Gasteiger partial charge in [0, 0.05) is 6.07 Å². The van der Waals surface area contributed by atoms with Crippen LogP contribution in [0.2, 0.25) is 0 Å². The SMILES string of the molecule is CCOC(=O)Nc1c(C)cc(C)cc1[N+](=O)[O-]. The van der Waals surface area contributed by atoms with Crippen molar-refractivity contribution >= 4 is 17.5 Å². The summed E-state index contributed by atoms with van der Waals surface area (Å²) < 4.78 is 4.69. The number of ether oxygens (including phenoxy) is 1. The molecule has 0 unspecified atom stereocenters. The van der Waals surface area contributed by atoms with Gasteiger partial charge in [0.25, 0.3) is 5.69 Å². The number of aryl methyl sites for hydroxylation is 2. The summed E-state index contributed by atoms with van der Waals surface area (Å²) in [6.45, 7) is 5.33. The Labute approximate surface area is 98.7 Å². The highest BCUT2D eigenvalue weighted by Crippen LogP contribution is 2.29. The van der Waals surface area contributed by atoms with Gasteiger partial charge in [0.1, 0.15) is 5.69 Å². The first-order valence-electron chi connectivity index (χ1n) is 5.15. The fourth-order valence-electron chi connectivity index (χ4n) is 1.52. The fourth-order valence-corrected chi connectivity index (χ4v) is 1.52.